The van der Waals surface area contributed by atoms with Crippen molar-refractivity contribution in [2.24, 2.45) is 0 Å². The SMILES string of the molecule is C=C/C=C\C1=C(C=C)C(=C/C)/C(=C\C=C)C12C(/C=C\C=C)=C(C=C)c1ccccc12. The van der Waals surface area contributed by atoms with E-state index in [1.807, 2.05) is 42.5 Å². The van der Waals surface area contributed by atoms with Crippen LogP contribution in [0, 0.1) is 0 Å². The lowest BCUT2D eigenvalue weighted by Gasteiger charge is -2.33. The van der Waals surface area contributed by atoms with Gasteiger partial charge in [0, 0.05) is 0 Å². The zero-order chi connectivity index (χ0) is 21.7. The molecule has 0 saturated heterocycles. The number of fused-ring (bicyclic) bond motifs is 2. The summed E-state index contributed by atoms with van der Waals surface area (Å²) >= 11 is 0. The Bertz CT molecular complexity index is 1120. The predicted octanol–water partition coefficient (Wildman–Crippen LogP) is 7.92. The molecule has 0 nitrogen and oxygen atoms in total. The van der Waals surface area contributed by atoms with Gasteiger partial charge in [0.1, 0.15) is 0 Å². The zero-order valence-electron chi connectivity index (χ0n) is 17.7. The second-order valence-corrected chi connectivity index (χ2v) is 7.07. The third kappa shape index (κ3) is 2.84. The van der Waals surface area contributed by atoms with E-state index in [1.165, 1.54) is 33.4 Å². The van der Waals surface area contributed by atoms with Gasteiger partial charge in [0.05, 0.1) is 5.41 Å². The van der Waals surface area contributed by atoms with Gasteiger partial charge < -0.3 is 0 Å². The Morgan fingerprint density at radius 2 is 1.37 bits per heavy atom. The van der Waals surface area contributed by atoms with Crippen LogP contribution in [0.1, 0.15) is 18.1 Å². The molecule has 0 heterocycles. The van der Waals surface area contributed by atoms with Crippen molar-refractivity contribution in [3.05, 3.63) is 163 Å². The molecule has 0 N–H and O–H groups in total. The Morgan fingerprint density at radius 3 is 1.90 bits per heavy atom. The first kappa shape index (κ1) is 21.1. The Balaban J connectivity index is 2.63. The number of hydrogen-bond donors (Lipinski definition) is 0. The highest BCUT2D eigenvalue weighted by Crippen LogP contribution is 2.62. The Morgan fingerprint density at radius 1 is 0.767 bits per heavy atom. The lowest BCUT2D eigenvalue weighted by molar-refractivity contribution is 0.775. The molecule has 1 unspecified atom stereocenters. The quantitative estimate of drug-likeness (QED) is 0.416. The van der Waals surface area contributed by atoms with Gasteiger partial charge in [-0.25, -0.2) is 0 Å². The molecule has 0 aliphatic heterocycles. The maximum Gasteiger partial charge on any atom is 0.0725 e. The van der Waals surface area contributed by atoms with E-state index in [4.69, 9.17) is 0 Å². The molecule has 0 radical (unpaired) electrons. The first-order valence-corrected chi connectivity index (χ1v) is 10.1. The van der Waals surface area contributed by atoms with Crippen LogP contribution in [0.2, 0.25) is 0 Å². The first-order valence-electron chi connectivity index (χ1n) is 10.1. The third-order valence-electron chi connectivity index (χ3n) is 5.77. The predicted molar refractivity (Wildman–Crippen MR) is 133 cm³/mol. The van der Waals surface area contributed by atoms with Crippen LogP contribution in [-0.4, -0.2) is 0 Å². The van der Waals surface area contributed by atoms with E-state index in [0.29, 0.717) is 0 Å². The van der Waals surface area contributed by atoms with Gasteiger partial charge in [0.25, 0.3) is 0 Å². The molecule has 2 aliphatic carbocycles. The number of rotatable bonds is 7. The average molecular weight is 389 g/mol. The molecule has 0 saturated carbocycles. The molecule has 0 heteroatoms. The summed E-state index contributed by atoms with van der Waals surface area (Å²) in [5, 5.41) is 0. The minimum absolute atomic E-state index is 0.487. The fraction of sp³-hybridized carbons (Fsp3) is 0.0667. The van der Waals surface area contributed by atoms with Gasteiger partial charge in [0.2, 0.25) is 0 Å². The van der Waals surface area contributed by atoms with Crippen LogP contribution in [0.25, 0.3) is 5.57 Å². The van der Waals surface area contributed by atoms with Gasteiger partial charge >= 0.3 is 0 Å². The highest BCUT2D eigenvalue weighted by molar-refractivity contribution is 5.95. The maximum absolute atomic E-state index is 4.15. The van der Waals surface area contributed by atoms with Crippen molar-refractivity contribution in [2.75, 3.05) is 0 Å². The standard InChI is InChI=1S/C30H28/c1-7-13-19-27-23(11-5)22(10-4)26(17-9-3)30(27)28(20-14-8-2)24(12-6)25-18-15-16-21-29(25)30/h7-21H,1-3,5-6H2,4H3/b19-13-,20-14-,22-10-,26-17+. The molecular weight excluding hydrogens is 360 g/mol. The van der Waals surface area contributed by atoms with Crippen LogP contribution in [0.15, 0.2) is 152 Å². The van der Waals surface area contributed by atoms with Gasteiger partial charge in [-0.05, 0) is 51.5 Å². The fourth-order valence-electron chi connectivity index (χ4n) is 4.80. The van der Waals surface area contributed by atoms with Crippen LogP contribution < -0.4 is 0 Å². The highest BCUT2D eigenvalue weighted by Gasteiger charge is 2.53. The largest absolute Gasteiger partial charge is 0.0991 e. The summed E-state index contributed by atoms with van der Waals surface area (Å²) < 4.78 is 0. The van der Waals surface area contributed by atoms with Gasteiger partial charge in [-0.15, -0.1) is 0 Å². The van der Waals surface area contributed by atoms with Crippen molar-refractivity contribution < 1.29 is 0 Å². The van der Waals surface area contributed by atoms with Gasteiger partial charge in [0.15, 0.2) is 0 Å². The smallest absolute Gasteiger partial charge is 0.0725 e. The summed E-state index contributed by atoms with van der Waals surface area (Å²) in [7, 11) is 0. The van der Waals surface area contributed by atoms with E-state index in [9.17, 15) is 0 Å². The average Bonchev–Trinajstić information content (AvgIpc) is 3.20. The summed E-state index contributed by atoms with van der Waals surface area (Å²) in [4.78, 5) is 0. The van der Waals surface area contributed by atoms with Crippen molar-refractivity contribution in [3.63, 3.8) is 0 Å². The summed E-state index contributed by atoms with van der Waals surface area (Å²) in [5.74, 6) is 0. The lowest BCUT2D eigenvalue weighted by Crippen LogP contribution is -2.28. The Hall–Kier alpha value is -3.64. The van der Waals surface area contributed by atoms with Crippen LogP contribution in [0.5, 0.6) is 0 Å². The number of allylic oxidation sites excluding steroid dienone is 17. The number of hydrogen-bond acceptors (Lipinski definition) is 0. The van der Waals surface area contributed by atoms with E-state index in [-0.39, 0.29) is 0 Å². The molecule has 30 heavy (non-hydrogen) atoms. The Kier molecular flexibility index (Phi) is 6.18. The normalized spacial score (nSPS) is 23.2. The minimum Gasteiger partial charge on any atom is -0.0991 e. The molecule has 0 amide bonds. The van der Waals surface area contributed by atoms with Crippen molar-refractivity contribution in [1.29, 1.82) is 0 Å². The molecular formula is C30H28. The van der Waals surface area contributed by atoms with Crippen LogP contribution in [0.3, 0.4) is 0 Å². The second kappa shape index (κ2) is 8.80. The Labute approximate surface area is 181 Å². The van der Waals surface area contributed by atoms with Crippen molar-refractivity contribution >= 4 is 5.57 Å². The van der Waals surface area contributed by atoms with Crippen LogP contribution in [0.4, 0.5) is 0 Å². The summed E-state index contributed by atoms with van der Waals surface area (Å²) in [6.07, 6.45) is 22.0. The molecule has 148 valence electrons. The second-order valence-electron chi connectivity index (χ2n) is 7.07. The molecule has 0 fully saturated rings. The molecule has 2 aliphatic rings. The van der Waals surface area contributed by atoms with Gasteiger partial charge in [-0.1, -0.05) is 124 Å². The van der Waals surface area contributed by atoms with E-state index < -0.39 is 5.41 Å². The van der Waals surface area contributed by atoms with Gasteiger partial charge in [-0.2, -0.15) is 0 Å². The fourth-order valence-corrected chi connectivity index (χ4v) is 4.80. The molecule has 1 atom stereocenters. The number of benzene rings is 1. The van der Waals surface area contributed by atoms with Crippen LogP contribution >= 0.6 is 0 Å². The third-order valence-corrected chi connectivity index (χ3v) is 5.77. The van der Waals surface area contributed by atoms with E-state index in [2.05, 4.69) is 88.4 Å². The van der Waals surface area contributed by atoms with Crippen LogP contribution in [-0.2, 0) is 5.41 Å². The molecule has 1 aromatic carbocycles. The van der Waals surface area contributed by atoms with Crippen molar-refractivity contribution in [3.8, 4) is 0 Å². The topological polar surface area (TPSA) is 0 Å². The zero-order valence-corrected chi connectivity index (χ0v) is 17.7. The monoisotopic (exact) mass is 388 g/mol. The molecule has 1 spiro atoms. The van der Waals surface area contributed by atoms with Crippen molar-refractivity contribution in [1.82, 2.24) is 0 Å². The molecule has 3 rings (SSSR count). The summed E-state index contributed by atoms with van der Waals surface area (Å²) in [6, 6.07) is 8.56. The van der Waals surface area contributed by atoms with E-state index in [1.54, 1.807) is 0 Å². The lowest BCUT2D eigenvalue weighted by atomic mass is 9.68. The van der Waals surface area contributed by atoms with Crippen molar-refractivity contribution in [2.45, 2.75) is 12.3 Å². The molecule has 0 aromatic heterocycles. The molecule has 0 bridgehead atoms. The summed E-state index contributed by atoms with van der Waals surface area (Å²) in [5.41, 5.74) is 8.88. The summed E-state index contributed by atoms with van der Waals surface area (Å²) in [6.45, 7) is 22.2. The highest BCUT2D eigenvalue weighted by atomic mass is 14.5. The van der Waals surface area contributed by atoms with E-state index >= 15 is 0 Å². The maximum atomic E-state index is 4.15. The molecule has 1 aromatic rings. The first-order chi connectivity index (χ1) is 14.7. The van der Waals surface area contributed by atoms with E-state index in [0.717, 1.165) is 11.1 Å². The van der Waals surface area contributed by atoms with Gasteiger partial charge in [-0.3, -0.25) is 0 Å². The minimum atomic E-state index is -0.487.